The van der Waals surface area contributed by atoms with Crippen molar-refractivity contribution in [3.05, 3.63) is 20.8 Å². The highest BCUT2D eigenvalue weighted by atomic mass is 79.9. The third kappa shape index (κ3) is 2.98. The summed E-state index contributed by atoms with van der Waals surface area (Å²) in [6.45, 7) is 0.456. The van der Waals surface area contributed by atoms with Crippen LogP contribution < -0.4 is 11.1 Å². The quantitative estimate of drug-likeness (QED) is 0.334. The molecule has 20 heavy (non-hydrogen) atoms. The van der Waals surface area contributed by atoms with Gasteiger partial charge in [0, 0.05) is 9.35 Å². The van der Waals surface area contributed by atoms with Gasteiger partial charge < -0.3 is 16.3 Å². The smallest absolute Gasteiger partial charge is 0.234 e. The number of hydrogen-bond donors (Lipinski definition) is 3. The highest BCUT2D eigenvalue weighted by Crippen LogP contribution is 2.37. The predicted octanol–water partition coefficient (Wildman–Crippen LogP) is 2.82. The summed E-state index contributed by atoms with van der Waals surface area (Å²) in [6, 6.07) is 1.95. The molecular weight excluding hydrogens is 342 g/mol. The number of oxime groups is 1. The van der Waals surface area contributed by atoms with Crippen LogP contribution in [0.2, 0.25) is 0 Å². The van der Waals surface area contributed by atoms with Gasteiger partial charge in [-0.15, -0.1) is 11.3 Å². The molecule has 0 bridgehead atoms. The minimum Gasteiger partial charge on any atom is -0.409 e. The van der Waals surface area contributed by atoms with Crippen molar-refractivity contribution in [3.63, 3.8) is 0 Å². The molecule has 110 valence electrons. The van der Waals surface area contributed by atoms with Crippen molar-refractivity contribution >= 4 is 39.0 Å². The molecule has 1 aromatic rings. The minimum atomic E-state index is -0.850. The number of halogens is 1. The molecule has 7 heteroatoms. The fraction of sp³-hybridized carbons (Fsp3) is 0.538. The Morgan fingerprint density at radius 2 is 2.20 bits per heavy atom. The van der Waals surface area contributed by atoms with Crippen LogP contribution in [0.15, 0.2) is 21.1 Å². The van der Waals surface area contributed by atoms with Crippen molar-refractivity contribution in [2.75, 3.05) is 0 Å². The summed E-state index contributed by atoms with van der Waals surface area (Å²) in [4.78, 5) is 13.6. The van der Waals surface area contributed by atoms with E-state index >= 15 is 0 Å². The Balaban J connectivity index is 2.09. The molecule has 2 rings (SSSR count). The molecule has 1 heterocycles. The molecule has 1 aromatic heterocycles. The van der Waals surface area contributed by atoms with E-state index in [-0.39, 0.29) is 11.7 Å². The summed E-state index contributed by atoms with van der Waals surface area (Å²) in [6.07, 6.45) is 4.21. The van der Waals surface area contributed by atoms with Crippen LogP contribution in [0.25, 0.3) is 0 Å². The first-order chi connectivity index (χ1) is 9.60. The topological polar surface area (TPSA) is 87.7 Å². The maximum Gasteiger partial charge on any atom is 0.234 e. The fourth-order valence-electron chi connectivity index (χ4n) is 2.63. The summed E-state index contributed by atoms with van der Waals surface area (Å²) in [7, 11) is 0. The Bertz CT molecular complexity index is 509. The van der Waals surface area contributed by atoms with Gasteiger partial charge in [0.1, 0.15) is 5.41 Å². The van der Waals surface area contributed by atoms with Crippen LogP contribution in [-0.4, -0.2) is 17.0 Å². The number of rotatable bonds is 4. The summed E-state index contributed by atoms with van der Waals surface area (Å²) < 4.78 is 0.990. The summed E-state index contributed by atoms with van der Waals surface area (Å²) >= 11 is 5.02. The van der Waals surface area contributed by atoms with Gasteiger partial charge >= 0.3 is 0 Å². The summed E-state index contributed by atoms with van der Waals surface area (Å²) in [5, 5.41) is 17.0. The fourth-order valence-corrected chi connectivity index (χ4v) is 4.06. The van der Waals surface area contributed by atoms with E-state index in [2.05, 4.69) is 26.4 Å². The molecule has 0 aliphatic heterocycles. The highest BCUT2D eigenvalue weighted by Gasteiger charge is 2.43. The SMILES string of the molecule is N/C(=N/O)C1(C(=O)NCc2sccc2Br)CCCCC1. The van der Waals surface area contributed by atoms with Crippen molar-refractivity contribution in [2.45, 2.75) is 38.6 Å². The first kappa shape index (κ1) is 15.3. The van der Waals surface area contributed by atoms with Crippen LogP contribution in [0, 0.1) is 5.41 Å². The molecular formula is C13H18BrN3O2S. The maximum absolute atomic E-state index is 12.5. The lowest BCUT2D eigenvalue weighted by molar-refractivity contribution is -0.129. The lowest BCUT2D eigenvalue weighted by Crippen LogP contribution is -2.50. The molecule has 1 aliphatic carbocycles. The minimum absolute atomic E-state index is 0.0277. The van der Waals surface area contributed by atoms with Gasteiger partial charge in [0.15, 0.2) is 5.84 Å². The van der Waals surface area contributed by atoms with Crippen molar-refractivity contribution in [2.24, 2.45) is 16.3 Å². The molecule has 0 spiro atoms. The second-order valence-electron chi connectivity index (χ2n) is 5.00. The highest BCUT2D eigenvalue weighted by molar-refractivity contribution is 9.10. The Morgan fingerprint density at radius 1 is 1.50 bits per heavy atom. The number of hydrogen-bond acceptors (Lipinski definition) is 4. The molecule has 4 N–H and O–H groups in total. The van der Waals surface area contributed by atoms with Crippen LogP contribution >= 0.6 is 27.3 Å². The molecule has 0 unspecified atom stereocenters. The standard InChI is InChI=1S/C13H18BrN3O2S/c14-9-4-7-20-10(9)8-16-12(18)13(11(15)17-19)5-2-1-3-6-13/h4,7,19H,1-3,5-6,8H2,(H2,15,17)(H,16,18). The van der Waals surface area contributed by atoms with Gasteiger partial charge in [-0.25, -0.2) is 0 Å². The number of amidine groups is 1. The zero-order valence-electron chi connectivity index (χ0n) is 11.1. The zero-order chi connectivity index (χ0) is 14.6. The van der Waals surface area contributed by atoms with Crippen LogP contribution in [-0.2, 0) is 11.3 Å². The van der Waals surface area contributed by atoms with E-state index in [4.69, 9.17) is 10.9 Å². The second kappa shape index (κ2) is 6.58. The molecule has 0 saturated heterocycles. The lowest BCUT2D eigenvalue weighted by atomic mass is 9.72. The Labute approximate surface area is 130 Å². The molecule has 1 fully saturated rings. The van der Waals surface area contributed by atoms with Gasteiger partial charge in [-0.3, -0.25) is 4.79 Å². The van der Waals surface area contributed by atoms with E-state index in [0.717, 1.165) is 28.6 Å². The van der Waals surface area contributed by atoms with Gasteiger partial charge in [-0.05, 0) is 40.2 Å². The first-order valence-corrected chi connectivity index (χ1v) is 8.25. The molecule has 0 atom stereocenters. The Hall–Kier alpha value is -1.08. The third-order valence-electron chi connectivity index (χ3n) is 3.84. The summed E-state index contributed by atoms with van der Waals surface area (Å²) in [5.41, 5.74) is 4.94. The van der Waals surface area contributed by atoms with Crippen LogP contribution in [0.3, 0.4) is 0 Å². The Kier molecular flexibility index (Phi) is 5.04. The Morgan fingerprint density at radius 3 is 2.75 bits per heavy atom. The van der Waals surface area contributed by atoms with Gasteiger partial charge in [-0.2, -0.15) is 0 Å². The average molecular weight is 360 g/mol. The predicted molar refractivity (Wildman–Crippen MR) is 82.8 cm³/mol. The lowest BCUT2D eigenvalue weighted by Gasteiger charge is -2.34. The van der Waals surface area contributed by atoms with E-state index in [1.165, 1.54) is 0 Å². The number of amides is 1. The van der Waals surface area contributed by atoms with Gasteiger partial charge in [-0.1, -0.05) is 24.4 Å². The van der Waals surface area contributed by atoms with E-state index in [0.29, 0.717) is 19.4 Å². The largest absolute Gasteiger partial charge is 0.409 e. The molecule has 1 amide bonds. The second-order valence-corrected chi connectivity index (χ2v) is 6.86. The zero-order valence-corrected chi connectivity index (χ0v) is 13.5. The molecule has 0 radical (unpaired) electrons. The van der Waals surface area contributed by atoms with Gasteiger partial charge in [0.2, 0.25) is 5.91 Å². The average Bonchev–Trinajstić information content (AvgIpc) is 2.89. The van der Waals surface area contributed by atoms with E-state index < -0.39 is 5.41 Å². The molecule has 5 nitrogen and oxygen atoms in total. The van der Waals surface area contributed by atoms with Crippen LogP contribution in [0.5, 0.6) is 0 Å². The van der Waals surface area contributed by atoms with Gasteiger partial charge in [0.25, 0.3) is 0 Å². The van der Waals surface area contributed by atoms with E-state index in [9.17, 15) is 4.79 Å². The van der Waals surface area contributed by atoms with Gasteiger partial charge in [0.05, 0.1) is 6.54 Å². The third-order valence-corrected chi connectivity index (χ3v) is 5.77. The number of nitrogens with zero attached hydrogens (tertiary/aromatic N) is 1. The summed E-state index contributed by atoms with van der Waals surface area (Å²) in [5.74, 6) is -0.118. The van der Waals surface area contributed by atoms with E-state index in [1.807, 2.05) is 11.4 Å². The normalized spacial score (nSPS) is 18.8. The number of thiophene rings is 1. The van der Waals surface area contributed by atoms with E-state index in [1.54, 1.807) is 11.3 Å². The maximum atomic E-state index is 12.5. The van der Waals surface area contributed by atoms with Crippen molar-refractivity contribution in [1.29, 1.82) is 0 Å². The van der Waals surface area contributed by atoms with Crippen molar-refractivity contribution in [1.82, 2.24) is 5.32 Å². The molecule has 1 saturated carbocycles. The number of nitrogens with one attached hydrogen (secondary N) is 1. The van der Waals surface area contributed by atoms with Crippen LogP contribution in [0.4, 0.5) is 0 Å². The number of carbonyl (C=O) groups is 1. The number of carbonyl (C=O) groups excluding carboxylic acids is 1. The molecule has 1 aliphatic rings. The van der Waals surface area contributed by atoms with Crippen LogP contribution in [0.1, 0.15) is 37.0 Å². The first-order valence-electron chi connectivity index (χ1n) is 6.58. The monoisotopic (exact) mass is 359 g/mol. The number of nitrogens with two attached hydrogens (primary N) is 1. The van der Waals surface area contributed by atoms with Crippen molar-refractivity contribution in [3.8, 4) is 0 Å². The molecule has 0 aromatic carbocycles. The van der Waals surface area contributed by atoms with Crippen molar-refractivity contribution < 1.29 is 10.0 Å².